The van der Waals surface area contributed by atoms with Gasteiger partial charge in [0.15, 0.2) is 5.58 Å². The molecule has 1 amide bonds. The molecule has 0 radical (unpaired) electrons. The molecule has 2 aromatic carbocycles. The summed E-state index contributed by atoms with van der Waals surface area (Å²) in [6, 6.07) is 15.4. The molecule has 0 aliphatic carbocycles. The van der Waals surface area contributed by atoms with Crippen molar-refractivity contribution in [3.8, 4) is 11.5 Å². The molecule has 156 valence electrons. The van der Waals surface area contributed by atoms with Gasteiger partial charge in [0.1, 0.15) is 5.52 Å². The number of rotatable bonds is 5. The van der Waals surface area contributed by atoms with E-state index in [4.69, 9.17) is 9.15 Å². The summed E-state index contributed by atoms with van der Waals surface area (Å²) in [6.45, 7) is 4.87. The number of para-hydroxylation sites is 2. The summed E-state index contributed by atoms with van der Waals surface area (Å²) >= 11 is 0. The predicted octanol–water partition coefficient (Wildman–Crippen LogP) is 4.18. The first-order chi connectivity index (χ1) is 14.7. The summed E-state index contributed by atoms with van der Waals surface area (Å²) in [6.07, 6.45) is 3.00. The summed E-state index contributed by atoms with van der Waals surface area (Å²) < 4.78 is 11.3. The Morgan fingerprint density at radius 1 is 1.07 bits per heavy atom. The number of anilines is 1. The number of piperidine rings is 1. The number of aromatic nitrogens is 1. The SMILES string of the molecule is O=C(Nc1ccc(-c2nc3ccccc3o2)cc1)C1CCN(CC2CCOC2)CC1. The molecule has 2 fully saturated rings. The second kappa shape index (κ2) is 8.58. The molecule has 5 rings (SSSR count). The molecule has 1 aromatic heterocycles. The van der Waals surface area contributed by atoms with Crippen LogP contribution in [0.15, 0.2) is 52.9 Å². The molecule has 2 aliphatic rings. The quantitative estimate of drug-likeness (QED) is 0.690. The van der Waals surface area contributed by atoms with Crippen LogP contribution in [-0.2, 0) is 9.53 Å². The number of nitrogens with one attached hydrogen (secondary N) is 1. The number of fused-ring (bicyclic) bond motifs is 1. The molecule has 3 aromatic rings. The number of nitrogens with zero attached hydrogens (tertiary/aromatic N) is 2. The number of benzene rings is 2. The van der Waals surface area contributed by atoms with Gasteiger partial charge in [-0.25, -0.2) is 4.98 Å². The van der Waals surface area contributed by atoms with Crippen LogP contribution in [0.2, 0.25) is 0 Å². The fourth-order valence-electron chi connectivity index (χ4n) is 4.41. The van der Waals surface area contributed by atoms with Crippen molar-refractivity contribution in [1.29, 1.82) is 0 Å². The largest absolute Gasteiger partial charge is 0.436 e. The van der Waals surface area contributed by atoms with E-state index in [0.717, 1.165) is 68.0 Å². The molecule has 0 saturated carbocycles. The van der Waals surface area contributed by atoms with Crippen LogP contribution in [0.5, 0.6) is 0 Å². The van der Waals surface area contributed by atoms with Gasteiger partial charge in [0, 0.05) is 30.3 Å². The molecule has 6 nitrogen and oxygen atoms in total. The molecule has 30 heavy (non-hydrogen) atoms. The topological polar surface area (TPSA) is 67.6 Å². The first-order valence-electron chi connectivity index (χ1n) is 10.8. The third-order valence-corrected chi connectivity index (χ3v) is 6.19. The molecule has 0 bridgehead atoms. The number of ether oxygens (including phenoxy) is 1. The Morgan fingerprint density at radius 3 is 2.60 bits per heavy atom. The lowest BCUT2D eigenvalue weighted by Gasteiger charge is -2.32. The standard InChI is InChI=1S/C24H27N3O3/c28-23(18-9-12-27(13-10-18)15-17-11-14-29-16-17)25-20-7-5-19(6-8-20)24-26-21-3-1-2-4-22(21)30-24/h1-8,17-18H,9-16H2,(H,25,28). The van der Waals surface area contributed by atoms with E-state index in [1.165, 1.54) is 6.42 Å². The van der Waals surface area contributed by atoms with Crippen molar-refractivity contribution in [2.45, 2.75) is 19.3 Å². The Morgan fingerprint density at radius 2 is 1.87 bits per heavy atom. The van der Waals surface area contributed by atoms with Gasteiger partial charge in [-0.15, -0.1) is 0 Å². The highest BCUT2D eigenvalue weighted by molar-refractivity contribution is 5.92. The minimum Gasteiger partial charge on any atom is -0.436 e. The van der Waals surface area contributed by atoms with E-state index in [1.807, 2.05) is 48.5 Å². The van der Waals surface area contributed by atoms with Crippen molar-refractivity contribution >= 4 is 22.7 Å². The summed E-state index contributed by atoms with van der Waals surface area (Å²) in [4.78, 5) is 19.7. The van der Waals surface area contributed by atoms with Crippen LogP contribution in [0.1, 0.15) is 19.3 Å². The third-order valence-electron chi connectivity index (χ3n) is 6.19. The monoisotopic (exact) mass is 405 g/mol. The molecule has 1 unspecified atom stereocenters. The van der Waals surface area contributed by atoms with Crippen molar-refractivity contribution in [2.75, 3.05) is 38.2 Å². The maximum Gasteiger partial charge on any atom is 0.227 e. The van der Waals surface area contributed by atoms with Crippen LogP contribution >= 0.6 is 0 Å². The summed E-state index contributed by atoms with van der Waals surface area (Å²) in [5.41, 5.74) is 3.33. The summed E-state index contributed by atoms with van der Waals surface area (Å²) in [5.74, 6) is 1.45. The predicted molar refractivity (Wildman–Crippen MR) is 116 cm³/mol. The van der Waals surface area contributed by atoms with Crippen LogP contribution in [0.3, 0.4) is 0 Å². The molecule has 2 saturated heterocycles. The Bertz CT molecular complexity index is 967. The molecular weight excluding hydrogens is 378 g/mol. The van der Waals surface area contributed by atoms with Gasteiger partial charge in [-0.1, -0.05) is 12.1 Å². The van der Waals surface area contributed by atoms with E-state index < -0.39 is 0 Å². The number of carbonyl (C=O) groups excluding carboxylic acids is 1. The van der Waals surface area contributed by atoms with Gasteiger partial charge in [-0.3, -0.25) is 4.79 Å². The van der Waals surface area contributed by atoms with E-state index >= 15 is 0 Å². The molecule has 3 heterocycles. The number of carbonyl (C=O) groups is 1. The Kier molecular flexibility index (Phi) is 5.51. The highest BCUT2D eigenvalue weighted by Gasteiger charge is 2.27. The zero-order valence-corrected chi connectivity index (χ0v) is 17.0. The van der Waals surface area contributed by atoms with Crippen molar-refractivity contribution in [3.05, 3.63) is 48.5 Å². The maximum absolute atomic E-state index is 12.7. The van der Waals surface area contributed by atoms with E-state index in [1.54, 1.807) is 0 Å². The van der Waals surface area contributed by atoms with Crippen LogP contribution in [-0.4, -0.2) is 48.6 Å². The average molecular weight is 405 g/mol. The Balaban J connectivity index is 1.15. The smallest absolute Gasteiger partial charge is 0.227 e. The summed E-state index contributed by atoms with van der Waals surface area (Å²) in [5, 5.41) is 3.08. The Hall–Kier alpha value is -2.70. The fourth-order valence-corrected chi connectivity index (χ4v) is 4.41. The van der Waals surface area contributed by atoms with Crippen molar-refractivity contribution in [3.63, 3.8) is 0 Å². The zero-order chi connectivity index (χ0) is 20.3. The lowest BCUT2D eigenvalue weighted by atomic mass is 9.95. The first kappa shape index (κ1) is 19.3. The van der Waals surface area contributed by atoms with Crippen molar-refractivity contribution in [2.24, 2.45) is 11.8 Å². The van der Waals surface area contributed by atoms with Crippen molar-refractivity contribution in [1.82, 2.24) is 9.88 Å². The van der Waals surface area contributed by atoms with Gasteiger partial charge < -0.3 is 19.4 Å². The number of hydrogen-bond acceptors (Lipinski definition) is 5. The maximum atomic E-state index is 12.7. The van der Waals surface area contributed by atoms with Crippen LogP contribution in [0.25, 0.3) is 22.6 Å². The number of amides is 1. The normalized spacial score (nSPS) is 20.6. The molecule has 1 atom stereocenters. The molecule has 1 N–H and O–H groups in total. The van der Waals surface area contributed by atoms with Gasteiger partial charge in [-0.2, -0.15) is 0 Å². The minimum absolute atomic E-state index is 0.0813. The van der Waals surface area contributed by atoms with E-state index in [0.29, 0.717) is 11.8 Å². The lowest BCUT2D eigenvalue weighted by molar-refractivity contribution is -0.121. The van der Waals surface area contributed by atoms with Crippen LogP contribution < -0.4 is 5.32 Å². The average Bonchev–Trinajstić information content (AvgIpc) is 3.44. The summed E-state index contributed by atoms with van der Waals surface area (Å²) in [7, 11) is 0. The van der Waals surface area contributed by atoms with Crippen LogP contribution in [0, 0.1) is 11.8 Å². The highest BCUT2D eigenvalue weighted by Crippen LogP contribution is 2.26. The fraction of sp³-hybridized carbons (Fsp3) is 0.417. The van der Waals surface area contributed by atoms with Gasteiger partial charge >= 0.3 is 0 Å². The number of likely N-dealkylation sites (tertiary alicyclic amines) is 1. The second-order valence-corrected chi connectivity index (χ2v) is 8.36. The van der Waals surface area contributed by atoms with Gasteiger partial charge in [0.2, 0.25) is 11.8 Å². The van der Waals surface area contributed by atoms with E-state index in [-0.39, 0.29) is 11.8 Å². The number of oxazole rings is 1. The lowest BCUT2D eigenvalue weighted by Crippen LogP contribution is -2.40. The van der Waals surface area contributed by atoms with E-state index in [9.17, 15) is 4.79 Å². The highest BCUT2D eigenvalue weighted by atomic mass is 16.5. The molecule has 2 aliphatic heterocycles. The Labute approximate surface area is 176 Å². The molecule has 0 spiro atoms. The first-order valence-corrected chi connectivity index (χ1v) is 10.8. The minimum atomic E-state index is 0.0813. The van der Waals surface area contributed by atoms with Gasteiger partial charge in [0.05, 0.1) is 6.61 Å². The van der Waals surface area contributed by atoms with E-state index in [2.05, 4.69) is 15.2 Å². The van der Waals surface area contributed by atoms with Crippen molar-refractivity contribution < 1.29 is 13.9 Å². The third kappa shape index (κ3) is 4.25. The van der Waals surface area contributed by atoms with Gasteiger partial charge in [0.25, 0.3) is 0 Å². The number of hydrogen-bond donors (Lipinski definition) is 1. The van der Waals surface area contributed by atoms with Gasteiger partial charge in [-0.05, 0) is 74.7 Å². The molecular formula is C24H27N3O3. The van der Waals surface area contributed by atoms with Crippen LogP contribution in [0.4, 0.5) is 5.69 Å². The molecule has 6 heteroatoms. The second-order valence-electron chi connectivity index (χ2n) is 8.36. The zero-order valence-electron chi connectivity index (χ0n) is 17.0.